The van der Waals surface area contributed by atoms with Crippen LogP contribution in [0.4, 0.5) is 34.1 Å². The van der Waals surface area contributed by atoms with E-state index in [4.69, 9.17) is 0 Å². The van der Waals surface area contributed by atoms with Gasteiger partial charge < -0.3 is 9.11 Å². The minimum atomic E-state index is -4.51. The third-order valence-electron chi connectivity index (χ3n) is 4.79. The summed E-state index contributed by atoms with van der Waals surface area (Å²) in [5.74, 6) is 0. The van der Waals surface area contributed by atoms with Crippen molar-refractivity contribution in [1.82, 2.24) is 0 Å². The summed E-state index contributed by atoms with van der Waals surface area (Å²) in [5, 5.41) is 24.4. The van der Waals surface area contributed by atoms with Gasteiger partial charge in [0.05, 0.1) is 43.9 Å². The maximum atomic E-state index is 11.0. The van der Waals surface area contributed by atoms with Crippen molar-refractivity contribution in [3.8, 4) is 0 Å². The molecule has 0 bridgehead atoms. The Hall–Kier alpha value is -1.23. The minimum absolute atomic E-state index is 0. The maximum absolute atomic E-state index is 11.0. The molecule has 40 heavy (non-hydrogen) atoms. The number of azo groups is 3. The topological polar surface area (TPSA) is 189 Å². The average molecular weight is 627 g/mol. The molecular formula is C24H16K2N6O6S2. The van der Waals surface area contributed by atoms with Gasteiger partial charge in [-0.05, 0) is 97.1 Å². The van der Waals surface area contributed by atoms with Crippen LogP contribution in [0.3, 0.4) is 0 Å². The Labute approximate surface area is 315 Å². The fraction of sp³-hybridized carbons (Fsp3) is 0. The number of benzene rings is 4. The monoisotopic (exact) mass is 626 g/mol. The zero-order valence-corrected chi connectivity index (χ0v) is 29.1. The number of hydrogen-bond donors (Lipinski definition) is 0. The summed E-state index contributed by atoms with van der Waals surface area (Å²) in [4.78, 5) is -0.677. The van der Waals surface area contributed by atoms with E-state index in [0.29, 0.717) is 34.1 Å². The van der Waals surface area contributed by atoms with Gasteiger partial charge in [0.25, 0.3) is 0 Å². The third kappa shape index (κ3) is 10.9. The van der Waals surface area contributed by atoms with Gasteiger partial charge >= 0.3 is 103 Å². The second kappa shape index (κ2) is 15.8. The van der Waals surface area contributed by atoms with Crippen molar-refractivity contribution in [3.05, 3.63) is 97.1 Å². The molecule has 0 fully saturated rings. The van der Waals surface area contributed by atoms with Crippen molar-refractivity contribution in [2.75, 3.05) is 0 Å². The van der Waals surface area contributed by atoms with E-state index in [-0.39, 0.29) is 113 Å². The van der Waals surface area contributed by atoms with E-state index in [1.54, 1.807) is 48.5 Å². The maximum Gasteiger partial charge on any atom is 1.00 e. The van der Waals surface area contributed by atoms with Gasteiger partial charge in [0.1, 0.15) is 20.2 Å². The number of hydrogen-bond acceptors (Lipinski definition) is 12. The molecule has 0 spiro atoms. The molecule has 0 saturated heterocycles. The molecule has 0 N–H and O–H groups in total. The van der Waals surface area contributed by atoms with Crippen LogP contribution in [0.2, 0.25) is 0 Å². The van der Waals surface area contributed by atoms with E-state index >= 15 is 0 Å². The molecule has 0 aliphatic heterocycles. The van der Waals surface area contributed by atoms with Crippen LogP contribution in [0, 0.1) is 0 Å². The molecule has 16 heteroatoms. The first-order valence-electron chi connectivity index (χ1n) is 10.6. The molecule has 0 saturated carbocycles. The summed E-state index contributed by atoms with van der Waals surface area (Å²) in [7, 11) is -9.02. The minimum Gasteiger partial charge on any atom is -0.744 e. The Morgan fingerprint density at radius 3 is 0.650 bits per heavy atom. The van der Waals surface area contributed by atoms with Gasteiger partial charge in [-0.25, -0.2) is 16.8 Å². The molecule has 4 aromatic carbocycles. The fourth-order valence-electron chi connectivity index (χ4n) is 2.88. The first-order chi connectivity index (χ1) is 18.1. The predicted molar refractivity (Wildman–Crippen MR) is 134 cm³/mol. The SMILES string of the molecule is O=S(=O)([O-])c1ccc(N=Nc2ccc(N=Nc3ccc(N=Nc4ccc(S(=O)(=O)[O-])cc4)cc3)cc2)cc1.[K+].[K+]. The zero-order chi connectivity index (χ0) is 27.2. The Kier molecular flexibility index (Phi) is 13.9. The molecule has 4 rings (SSSR count). The standard InChI is InChI=1S/C24H18N6O6S2.2K/c31-37(32,33)23-13-9-21(10-14-23)29-27-19-5-1-17(2-6-19)25-26-18-3-7-20(8-4-18)28-30-22-11-15-24(16-12-22)38(34,35)36;;/h1-16H,(H,31,32,33)(H,34,35,36);;/q;2*+1/p-2. The summed E-state index contributed by atoms with van der Waals surface area (Å²) in [6, 6.07) is 23.7. The second-order valence-electron chi connectivity index (χ2n) is 7.53. The number of rotatable bonds is 8. The van der Waals surface area contributed by atoms with Gasteiger partial charge in [-0.15, -0.1) is 0 Å². The molecule has 0 atom stereocenters. The quantitative estimate of drug-likeness (QED) is 0.158. The van der Waals surface area contributed by atoms with Crippen LogP contribution in [0.25, 0.3) is 0 Å². The molecule has 0 aliphatic carbocycles. The molecule has 192 valence electrons. The van der Waals surface area contributed by atoms with Gasteiger partial charge in [-0.2, -0.15) is 30.7 Å². The molecular weight excluding hydrogens is 611 g/mol. The van der Waals surface area contributed by atoms with Gasteiger partial charge in [-0.1, -0.05) is 0 Å². The molecule has 0 radical (unpaired) electrons. The van der Waals surface area contributed by atoms with Crippen LogP contribution in [0.5, 0.6) is 0 Å². The summed E-state index contributed by atoms with van der Waals surface area (Å²) in [6.45, 7) is 0. The molecule has 4 aromatic rings. The molecule has 0 aliphatic rings. The van der Waals surface area contributed by atoms with Crippen LogP contribution in [-0.2, 0) is 20.2 Å². The average Bonchev–Trinajstić information content (AvgIpc) is 2.90. The molecule has 12 nitrogen and oxygen atoms in total. The largest absolute Gasteiger partial charge is 1.00 e. The Morgan fingerprint density at radius 1 is 0.350 bits per heavy atom. The zero-order valence-electron chi connectivity index (χ0n) is 21.2. The first-order valence-corrected chi connectivity index (χ1v) is 13.5. The summed E-state index contributed by atoms with van der Waals surface area (Å²) in [6.07, 6.45) is 0. The molecule has 0 heterocycles. The van der Waals surface area contributed by atoms with Gasteiger partial charge in [0.15, 0.2) is 0 Å². The molecule has 0 amide bonds. The van der Waals surface area contributed by atoms with E-state index in [0.717, 1.165) is 0 Å². The van der Waals surface area contributed by atoms with Crippen molar-refractivity contribution < 1.29 is 129 Å². The number of nitrogens with zero attached hydrogens (tertiary/aromatic N) is 6. The van der Waals surface area contributed by atoms with Gasteiger partial charge in [0.2, 0.25) is 0 Å². The Morgan fingerprint density at radius 2 is 0.500 bits per heavy atom. The Balaban J connectivity index is 0.00000280. The summed E-state index contributed by atoms with van der Waals surface area (Å²) < 4.78 is 65.8. The van der Waals surface area contributed by atoms with Crippen molar-refractivity contribution in [3.63, 3.8) is 0 Å². The van der Waals surface area contributed by atoms with Crippen molar-refractivity contribution in [2.45, 2.75) is 9.79 Å². The molecule has 0 aromatic heterocycles. The van der Waals surface area contributed by atoms with Crippen molar-refractivity contribution >= 4 is 54.4 Å². The van der Waals surface area contributed by atoms with Crippen molar-refractivity contribution in [2.24, 2.45) is 30.7 Å². The normalized spacial score (nSPS) is 11.9. The van der Waals surface area contributed by atoms with E-state index in [9.17, 15) is 25.9 Å². The van der Waals surface area contributed by atoms with Crippen LogP contribution in [0.1, 0.15) is 0 Å². The van der Waals surface area contributed by atoms with Crippen molar-refractivity contribution in [1.29, 1.82) is 0 Å². The van der Waals surface area contributed by atoms with Crippen LogP contribution in [0.15, 0.2) is 138 Å². The predicted octanol–water partition coefficient (Wildman–Crippen LogP) is 0.749. The third-order valence-corrected chi connectivity index (χ3v) is 6.49. The van der Waals surface area contributed by atoms with Gasteiger partial charge in [0, 0.05) is 0 Å². The van der Waals surface area contributed by atoms with E-state index in [1.807, 2.05) is 0 Å². The smallest absolute Gasteiger partial charge is 0.744 e. The Bertz CT molecular complexity index is 1600. The van der Waals surface area contributed by atoms with Crippen LogP contribution < -0.4 is 103 Å². The first kappa shape index (κ1) is 35.0. The fourth-order valence-corrected chi connectivity index (χ4v) is 3.82. The van der Waals surface area contributed by atoms with E-state index < -0.39 is 20.2 Å². The summed E-state index contributed by atoms with van der Waals surface area (Å²) in [5.41, 5.74) is 2.97. The van der Waals surface area contributed by atoms with Crippen LogP contribution in [-0.4, -0.2) is 25.9 Å². The van der Waals surface area contributed by atoms with Gasteiger partial charge in [-0.3, -0.25) is 0 Å². The summed E-state index contributed by atoms with van der Waals surface area (Å²) >= 11 is 0. The van der Waals surface area contributed by atoms with E-state index in [2.05, 4.69) is 30.7 Å². The molecule has 0 unspecified atom stereocenters. The van der Waals surface area contributed by atoms with E-state index in [1.165, 1.54) is 48.5 Å². The van der Waals surface area contributed by atoms with Crippen LogP contribution >= 0.6 is 0 Å². The second-order valence-corrected chi connectivity index (χ2v) is 10.3.